The number of hydrogen-bond acceptors (Lipinski definition) is 4. The van der Waals surface area contributed by atoms with E-state index in [1.807, 2.05) is 0 Å². The summed E-state index contributed by atoms with van der Waals surface area (Å²) in [5, 5.41) is 6.94. The van der Waals surface area contributed by atoms with Gasteiger partial charge in [-0.2, -0.15) is 5.10 Å². The van der Waals surface area contributed by atoms with Crippen LogP contribution in [-0.4, -0.2) is 59.0 Å². The van der Waals surface area contributed by atoms with E-state index in [4.69, 9.17) is 4.74 Å². The summed E-state index contributed by atoms with van der Waals surface area (Å²) in [5.41, 5.74) is 0.957. The molecule has 28 heavy (non-hydrogen) atoms. The van der Waals surface area contributed by atoms with Gasteiger partial charge in [-0.25, -0.2) is 9.07 Å². The molecule has 6 nitrogen and oxygen atoms in total. The second kappa shape index (κ2) is 8.55. The van der Waals surface area contributed by atoms with Crippen molar-refractivity contribution in [2.75, 3.05) is 26.2 Å². The molecule has 4 rings (SSSR count). The van der Waals surface area contributed by atoms with Crippen molar-refractivity contribution in [2.24, 2.45) is 0 Å². The number of ether oxygens (including phenoxy) is 1. The lowest BCUT2D eigenvalue weighted by Gasteiger charge is -2.35. The molecule has 2 saturated heterocycles. The molecule has 148 valence electrons. The Morgan fingerprint density at radius 3 is 3.14 bits per heavy atom. The Labute approximate surface area is 171 Å². The Morgan fingerprint density at radius 1 is 1.46 bits per heavy atom. The Balaban J connectivity index is 1.30. The van der Waals surface area contributed by atoms with Gasteiger partial charge in [0.2, 0.25) is 5.91 Å². The molecule has 0 bridgehead atoms. The summed E-state index contributed by atoms with van der Waals surface area (Å²) in [4.78, 5) is 14.5. The number of benzene rings is 1. The molecule has 0 radical (unpaired) electrons. The van der Waals surface area contributed by atoms with Crippen LogP contribution in [0, 0.1) is 5.82 Å². The van der Waals surface area contributed by atoms with Crippen LogP contribution in [-0.2, 0) is 9.53 Å². The molecule has 1 aromatic carbocycles. The third-order valence-corrected chi connectivity index (χ3v) is 5.57. The Morgan fingerprint density at radius 2 is 2.36 bits per heavy atom. The van der Waals surface area contributed by atoms with Gasteiger partial charge in [-0.15, -0.1) is 0 Å². The van der Waals surface area contributed by atoms with Crippen LogP contribution in [0.1, 0.15) is 18.4 Å². The summed E-state index contributed by atoms with van der Waals surface area (Å²) >= 11 is 3.29. The van der Waals surface area contributed by atoms with Crippen LogP contribution < -0.4 is 5.32 Å². The molecule has 0 aliphatic carbocycles. The van der Waals surface area contributed by atoms with E-state index in [1.54, 1.807) is 30.6 Å². The summed E-state index contributed by atoms with van der Waals surface area (Å²) in [6.45, 7) is 3.21. The fourth-order valence-corrected chi connectivity index (χ4v) is 3.99. The Kier molecular flexibility index (Phi) is 5.89. The summed E-state index contributed by atoms with van der Waals surface area (Å²) in [6, 6.07) is 5.31. The highest BCUT2D eigenvalue weighted by Gasteiger charge is 2.32. The SMILES string of the molecule is O=C(/C=C/c1ccc(-n2cc(Br)cn2)c(F)c1)NCC1CN2CCCC2CO1. The van der Waals surface area contributed by atoms with E-state index in [-0.39, 0.29) is 12.0 Å². The molecule has 2 aliphatic rings. The van der Waals surface area contributed by atoms with E-state index in [0.29, 0.717) is 23.8 Å². The fourth-order valence-electron chi connectivity index (χ4n) is 3.70. The van der Waals surface area contributed by atoms with Crippen LogP contribution in [0.5, 0.6) is 0 Å². The Bertz CT molecular complexity index is 885. The minimum atomic E-state index is -0.408. The summed E-state index contributed by atoms with van der Waals surface area (Å²) < 4.78 is 22.4. The molecule has 2 unspecified atom stereocenters. The molecule has 8 heteroatoms. The smallest absolute Gasteiger partial charge is 0.244 e. The largest absolute Gasteiger partial charge is 0.373 e. The quantitative estimate of drug-likeness (QED) is 0.714. The van der Waals surface area contributed by atoms with Crippen LogP contribution in [0.4, 0.5) is 4.39 Å². The zero-order valence-electron chi connectivity index (χ0n) is 15.4. The average molecular weight is 449 g/mol. The van der Waals surface area contributed by atoms with Gasteiger partial charge < -0.3 is 10.1 Å². The van der Waals surface area contributed by atoms with Gasteiger partial charge in [-0.1, -0.05) is 6.07 Å². The van der Waals surface area contributed by atoms with Crippen molar-refractivity contribution in [3.05, 3.63) is 52.5 Å². The molecular weight excluding hydrogens is 427 g/mol. The standard InChI is InChI=1S/C20H22BrFN4O2/c21-15-9-24-26(11-15)19-5-3-14(8-18(19)22)4-6-20(27)23-10-17-12-25-7-1-2-16(25)13-28-17/h3-6,8-9,11,16-17H,1-2,7,10,12-13H2,(H,23,27)/b6-4+. The predicted octanol–water partition coefficient (Wildman–Crippen LogP) is 2.77. The normalized spacial score (nSPS) is 22.5. The number of carbonyl (C=O) groups excluding carboxylic acids is 1. The fraction of sp³-hybridized carbons (Fsp3) is 0.400. The van der Waals surface area contributed by atoms with Crippen molar-refractivity contribution in [3.63, 3.8) is 0 Å². The molecule has 0 spiro atoms. The predicted molar refractivity (Wildman–Crippen MR) is 108 cm³/mol. The summed E-state index contributed by atoms with van der Waals surface area (Å²) in [6.07, 6.45) is 8.74. The number of halogens is 2. The second-order valence-electron chi connectivity index (χ2n) is 7.14. The zero-order valence-corrected chi connectivity index (χ0v) is 16.9. The number of hydrogen-bond donors (Lipinski definition) is 1. The van der Waals surface area contributed by atoms with Crippen molar-refractivity contribution in [1.29, 1.82) is 0 Å². The lowest BCUT2D eigenvalue weighted by atomic mass is 10.1. The number of nitrogens with one attached hydrogen (secondary N) is 1. The number of rotatable bonds is 5. The average Bonchev–Trinajstić information content (AvgIpc) is 3.33. The van der Waals surface area contributed by atoms with Crippen molar-refractivity contribution in [3.8, 4) is 5.69 Å². The maximum absolute atomic E-state index is 14.3. The highest BCUT2D eigenvalue weighted by molar-refractivity contribution is 9.10. The minimum absolute atomic E-state index is 0.0248. The molecule has 2 fully saturated rings. The van der Waals surface area contributed by atoms with E-state index in [1.165, 1.54) is 29.7 Å². The molecular formula is C20H22BrFN4O2. The van der Waals surface area contributed by atoms with Crippen molar-refractivity contribution >= 4 is 27.9 Å². The number of carbonyl (C=O) groups is 1. The van der Waals surface area contributed by atoms with Gasteiger partial charge in [0.25, 0.3) is 0 Å². The number of morpholine rings is 1. The summed E-state index contributed by atoms with van der Waals surface area (Å²) in [7, 11) is 0. The first kappa shape index (κ1) is 19.3. The first-order chi connectivity index (χ1) is 13.6. The lowest BCUT2D eigenvalue weighted by Crippen LogP contribution is -2.49. The van der Waals surface area contributed by atoms with Gasteiger partial charge in [0.1, 0.15) is 11.5 Å². The number of nitrogens with zero attached hydrogens (tertiary/aromatic N) is 3. The first-order valence-corrected chi connectivity index (χ1v) is 10.2. The molecule has 1 aromatic heterocycles. The summed E-state index contributed by atoms with van der Waals surface area (Å²) in [5.74, 6) is -0.624. The molecule has 1 amide bonds. The highest BCUT2D eigenvalue weighted by atomic mass is 79.9. The van der Waals surface area contributed by atoms with Gasteiger partial charge in [-0.05, 0) is 59.1 Å². The van der Waals surface area contributed by atoms with Gasteiger partial charge in [0.05, 0.1) is 23.4 Å². The maximum atomic E-state index is 14.3. The van der Waals surface area contributed by atoms with Crippen LogP contribution in [0.3, 0.4) is 0 Å². The number of aromatic nitrogens is 2. The van der Waals surface area contributed by atoms with E-state index in [9.17, 15) is 9.18 Å². The van der Waals surface area contributed by atoms with Crippen molar-refractivity contribution in [2.45, 2.75) is 25.0 Å². The highest BCUT2D eigenvalue weighted by Crippen LogP contribution is 2.22. The third kappa shape index (κ3) is 4.51. The number of fused-ring (bicyclic) bond motifs is 1. The first-order valence-electron chi connectivity index (χ1n) is 9.40. The molecule has 2 aromatic rings. The van der Waals surface area contributed by atoms with Crippen LogP contribution in [0.15, 0.2) is 41.1 Å². The van der Waals surface area contributed by atoms with Crippen LogP contribution in [0.25, 0.3) is 11.8 Å². The topological polar surface area (TPSA) is 59.4 Å². The molecule has 0 saturated carbocycles. The van der Waals surface area contributed by atoms with E-state index in [2.05, 4.69) is 31.2 Å². The molecule has 2 aliphatic heterocycles. The monoisotopic (exact) mass is 448 g/mol. The van der Waals surface area contributed by atoms with E-state index in [0.717, 1.165) is 24.2 Å². The van der Waals surface area contributed by atoms with Crippen molar-refractivity contribution < 1.29 is 13.9 Å². The third-order valence-electron chi connectivity index (χ3n) is 5.16. The Hall–Kier alpha value is -2.03. The van der Waals surface area contributed by atoms with Crippen LogP contribution in [0.2, 0.25) is 0 Å². The van der Waals surface area contributed by atoms with E-state index < -0.39 is 5.82 Å². The minimum Gasteiger partial charge on any atom is -0.373 e. The van der Waals surface area contributed by atoms with Gasteiger partial charge in [0.15, 0.2) is 0 Å². The van der Waals surface area contributed by atoms with Crippen LogP contribution >= 0.6 is 15.9 Å². The number of amides is 1. The lowest BCUT2D eigenvalue weighted by molar-refractivity contribution is -0.117. The maximum Gasteiger partial charge on any atom is 0.244 e. The zero-order chi connectivity index (χ0) is 19.5. The van der Waals surface area contributed by atoms with E-state index >= 15 is 0 Å². The molecule has 3 heterocycles. The molecule has 2 atom stereocenters. The van der Waals surface area contributed by atoms with Gasteiger partial charge >= 0.3 is 0 Å². The van der Waals surface area contributed by atoms with Gasteiger partial charge in [0, 0.05) is 31.4 Å². The van der Waals surface area contributed by atoms with Crippen molar-refractivity contribution in [1.82, 2.24) is 20.0 Å². The second-order valence-corrected chi connectivity index (χ2v) is 8.05. The molecule has 1 N–H and O–H groups in total. The van der Waals surface area contributed by atoms with Gasteiger partial charge in [-0.3, -0.25) is 9.69 Å².